The van der Waals surface area contributed by atoms with Gasteiger partial charge in [-0.15, -0.1) is 0 Å². The van der Waals surface area contributed by atoms with Gasteiger partial charge in [-0.2, -0.15) is 0 Å². The normalized spacial score (nSPS) is 34.4. The van der Waals surface area contributed by atoms with Crippen molar-refractivity contribution >= 4 is 21.7 Å². The Morgan fingerprint density at radius 1 is 1.60 bits per heavy atom. The molecule has 1 aliphatic carbocycles. The smallest absolute Gasteiger partial charge is 0.149 e. The van der Waals surface area contributed by atoms with Gasteiger partial charge >= 0.3 is 0 Å². The second-order valence-electron chi connectivity index (χ2n) is 2.91. The number of rotatable bonds is 1. The zero-order valence-corrected chi connectivity index (χ0v) is 7.86. The summed E-state index contributed by atoms with van der Waals surface area (Å²) in [4.78, 5) is 11.5. The van der Waals surface area contributed by atoms with E-state index >= 15 is 0 Å². The van der Waals surface area contributed by atoms with Gasteiger partial charge in [0.15, 0.2) is 0 Å². The van der Waals surface area contributed by atoms with Gasteiger partial charge in [0.25, 0.3) is 0 Å². The van der Waals surface area contributed by atoms with E-state index in [2.05, 4.69) is 22.9 Å². The summed E-state index contributed by atoms with van der Waals surface area (Å²) in [5.41, 5.74) is 0. The molecular weight excluding hydrogens is 192 g/mol. The van der Waals surface area contributed by atoms with Crippen molar-refractivity contribution in [2.45, 2.75) is 37.4 Å². The number of hydrogen-bond donors (Lipinski definition) is 0. The van der Waals surface area contributed by atoms with Gasteiger partial charge in [-0.3, -0.25) is 4.79 Å². The van der Waals surface area contributed by atoms with Crippen LogP contribution in [-0.4, -0.2) is 10.6 Å². The van der Waals surface area contributed by atoms with E-state index < -0.39 is 0 Å². The van der Waals surface area contributed by atoms with Gasteiger partial charge < -0.3 is 0 Å². The molecule has 0 aromatic carbocycles. The van der Waals surface area contributed by atoms with Gasteiger partial charge in [-0.25, -0.2) is 0 Å². The van der Waals surface area contributed by atoms with E-state index in [0.717, 1.165) is 19.3 Å². The molecule has 0 bridgehead atoms. The van der Waals surface area contributed by atoms with Crippen molar-refractivity contribution in [3.63, 3.8) is 0 Å². The number of ketones is 1. The summed E-state index contributed by atoms with van der Waals surface area (Å²) in [7, 11) is 0. The minimum atomic E-state index is 0.159. The highest BCUT2D eigenvalue weighted by molar-refractivity contribution is 9.10. The van der Waals surface area contributed by atoms with Crippen LogP contribution in [0.5, 0.6) is 0 Å². The molecule has 0 N–H and O–H groups in total. The number of hydrogen-bond acceptors (Lipinski definition) is 1. The average molecular weight is 205 g/mol. The fraction of sp³-hybridized carbons (Fsp3) is 0.875. The van der Waals surface area contributed by atoms with Gasteiger partial charge in [0.2, 0.25) is 0 Å². The van der Waals surface area contributed by atoms with Gasteiger partial charge in [-0.05, 0) is 19.3 Å². The molecule has 1 fully saturated rings. The van der Waals surface area contributed by atoms with E-state index in [-0.39, 0.29) is 4.83 Å². The number of alkyl halides is 1. The molecule has 2 atom stereocenters. The lowest BCUT2D eigenvalue weighted by Crippen LogP contribution is -2.27. The number of halogens is 1. The van der Waals surface area contributed by atoms with E-state index in [1.165, 1.54) is 6.42 Å². The van der Waals surface area contributed by atoms with Crippen LogP contribution in [0.1, 0.15) is 32.6 Å². The maximum atomic E-state index is 11.3. The Morgan fingerprint density at radius 2 is 2.30 bits per heavy atom. The average Bonchev–Trinajstić information content (AvgIpc) is 1.95. The van der Waals surface area contributed by atoms with Crippen molar-refractivity contribution < 1.29 is 4.79 Å². The Kier molecular flexibility index (Phi) is 2.90. The highest BCUT2D eigenvalue weighted by Crippen LogP contribution is 2.27. The highest BCUT2D eigenvalue weighted by Gasteiger charge is 2.27. The number of carbonyl (C=O) groups is 1. The third kappa shape index (κ3) is 1.60. The molecule has 0 aromatic rings. The van der Waals surface area contributed by atoms with Crippen molar-refractivity contribution in [2.75, 3.05) is 0 Å². The van der Waals surface area contributed by atoms with Gasteiger partial charge in [0.05, 0.1) is 4.83 Å². The predicted molar refractivity (Wildman–Crippen MR) is 45.4 cm³/mol. The molecule has 1 aliphatic rings. The van der Waals surface area contributed by atoms with Crippen molar-refractivity contribution in [3.8, 4) is 0 Å². The molecule has 2 heteroatoms. The summed E-state index contributed by atoms with van der Waals surface area (Å²) in [5.74, 6) is 0.770. The molecule has 10 heavy (non-hydrogen) atoms. The first-order chi connectivity index (χ1) is 4.75. The van der Waals surface area contributed by atoms with Crippen LogP contribution in [0.25, 0.3) is 0 Å². The molecule has 0 amide bonds. The van der Waals surface area contributed by atoms with Crippen LogP contribution >= 0.6 is 15.9 Å². The Morgan fingerprint density at radius 3 is 2.80 bits per heavy atom. The largest absolute Gasteiger partial charge is 0.298 e. The van der Waals surface area contributed by atoms with Crippen molar-refractivity contribution in [1.82, 2.24) is 0 Å². The fourth-order valence-corrected chi connectivity index (χ4v) is 2.19. The van der Waals surface area contributed by atoms with Crippen LogP contribution in [0.2, 0.25) is 0 Å². The summed E-state index contributed by atoms with van der Waals surface area (Å²) in [5, 5.41) is 0. The summed E-state index contributed by atoms with van der Waals surface area (Å²) in [6, 6.07) is 0. The Hall–Kier alpha value is 0.150. The first-order valence-corrected chi connectivity index (χ1v) is 4.85. The number of carbonyl (C=O) groups excluding carboxylic acids is 1. The van der Waals surface area contributed by atoms with E-state index in [0.29, 0.717) is 11.7 Å². The molecule has 0 spiro atoms. The van der Waals surface area contributed by atoms with Crippen LogP contribution in [0.15, 0.2) is 0 Å². The lowest BCUT2D eigenvalue weighted by molar-refractivity contribution is -0.123. The lowest BCUT2D eigenvalue weighted by atomic mass is 9.86. The predicted octanol–water partition coefficient (Wildman–Crippen LogP) is 2.53. The van der Waals surface area contributed by atoms with Crippen LogP contribution in [-0.2, 0) is 4.79 Å². The summed E-state index contributed by atoms with van der Waals surface area (Å²) in [6.45, 7) is 2.09. The summed E-state index contributed by atoms with van der Waals surface area (Å²) < 4.78 is 0. The SMILES string of the molecule is CCC1CCCC(Br)C1=O. The minimum absolute atomic E-state index is 0.159. The third-order valence-corrected chi connectivity index (χ3v) is 3.12. The Bertz CT molecular complexity index is 133. The second-order valence-corrected chi connectivity index (χ2v) is 4.01. The summed E-state index contributed by atoms with van der Waals surface area (Å²) in [6.07, 6.45) is 4.37. The van der Waals surface area contributed by atoms with E-state index in [1.54, 1.807) is 0 Å². The van der Waals surface area contributed by atoms with E-state index in [4.69, 9.17) is 0 Å². The molecule has 2 unspecified atom stereocenters. The van der Waals surface area contributed by atoms with Crippen molar-refractivity contribution in [1.29, 1.82) is 0 Å². The molecule has 0 aliphatic heterocycles. The van der Waals surface area contributed by atoms with E-state index in [9.17, 15) is 4.79 Å². The zero-order valence-electron chi connectivity index (χ0n) is 6.27. The van der Waals surface area contributed by atoms with Crippen LogP contribution in [0, 0.1) is 5.92 Å². The molecule has 0 heterocycles. The maximum Gasteiger partial charge on any atom is 0.149 e. The van der Waals surface area contributed by atoms with E-state index in [1.807, 2.05) is 0 Å². The lowest BCUT2D eigenvalue weighted by Gasteiger charge is -2.22. The molecule has 1 rings (SSSR count). The van der Waals surface area contributed by atoms with Crippen LogP contribution in [0.3, 0.4) is 0 Å². The van der Waals surface area contributed by atoms with Gasteiger partial charge in [0, 0.05) is 5.92 Å². The van der Waals surface area contributed by atoms with Crippen LogP contribution in [0.4, 0.5) is 0 Å². The minimum Gasteiger partial charge on any atom is -0.298 e. The molecule has 0 saturated heterocycles. The number of Topliss-reactive ketones (excluding diaryl/α,β-unsaturated/α-hetero) is 1. The maximum absolute atomic E-state index is 11.3. The Balaban J connectivity index is 2.51. The quantitative estimate of drug-likeness (QED) is 0.601. The topological polar surface area (TPSA) is 17.1 Å². The molecule has 1 nitrogen and oxygen atoms in total. The molecule has 0 radical (unpaired) electrons. The first kappa shape index (κ1) is 8.25. The summed E-state index contributed by atoms with van der Waals surface area (Å²) >= 11 is 3.39. The molecule has 58 valence electrons. The first-order valence-electron chi connectivity index (χ1n) is 3.93. The Labute approximate surface area is 70.3 Å². The van der Waals surface area contributed by atoms with Gasteiger partial charge in [0.1, 0.15) is 5.78 Å². The monoisotopic (exact) mass is 204 g/mol. The van der Waals surface area contributed by atoms with Gasteiger partial charge in [-0.1, -0.05) is 29.3 Å². The zero-order chi connectivity index (χ0) is 7.56. The third-order valence-electron chi connectivity index (χ3n) is 2.21. The second kappa shape index (κ2) is 3.51. The van der Waals surface area contributed by atoms with Crippen LogP contribution < -0.4 is 0 Å². The highest BCUT2D eigenvalue weighted by atomic mass is 79.9. The molecule has 1 saturated carbocycles. The van der Waals surface area contributed by atoms with Crippen molar-refractivity contribution in [3.05, 3.63) is 0 Å². The van der Waals surface area contributed by atoms with Crippen molar-refractivity contribution in [2.24, 2.45) is 5.92 Å². The standard InChI is InChI=1S/C8H13BrO/c1-2-6-4-3-5-7(9)8(6)10/h6-7H,2-5H2,1H3. The molecule has 0 aromatic heterocycles. The fourth-order valence-electron chi connectivity index (χ4n) is 1.49. The molecular formula is C8H13BrO.